The molecule has 0 fully saturated rings. The van der Waals surface area contributed by atoms with E-state index in [2.05, 4.69) is 15.3 Å². The van der Waals surface area contributed by atoms with Crippen LogP contribution in [0.15, 0.2) is 30.6 Å². The number of anilines is 1. The second-order valence-electron chi connectivity index (χ2n) is 3.66. The average molecular weight is 265 g/mol. The summed E-state index contributed by atoms with van der Waals surface area (Å²) in [6, 6.07) is 3.42. The number of nitrogens with one attached hydrogen (secondary N) is 1. The van der Waals surface area contributed by atoms with E-state index in [0.29, 0.717) is 5.56 Å². The molecule has 1 aromatic heterocycles. The maximum absolute atomic E-state index is 13.0. The zero-order chi connectivity index (χ0) is 13.8. The molecule has 2 aromatic rings. The van der Waals surface area contributed by atoms with Crippen molar-refractivity contribution in [1.29, 1.82) is 0 Å². The number of hydrogen-bond donors (Lipinski definition) is 2. The highest BCUT2D eigenvalue weighted by Crippen LogP contribution is 2.12. The first-order chi connectivity index (χ1) is 9.08. The Balaban J connectivity index is 2.14. The molecule has 19 heavy (non-hydrogen) atoms. The number of rotatable bonds is 4. The molecule has 0 aliphatic rings. The maximum Gasteiger partial charge on any atom is 0.358 e. The van der Waals surface area contributed by atoms with Gasteiger partial charge in [-0.15, -0.1) is 0 Å². The lowest BCUT2D eigenvalue weighted by Crippen LogP contribution is -2.10. The standard InChI is InChI=1S/C12H9F2N3O2/c13-8-2-1-7(5-9(8)14)6-17-11-10(12(18)19)15-3-4-16-11/h1-5H,6H2,(H,16,17)(H,18,19). The Kier molecular flexibility index (Phi) is 3.65. The number of benzene rings is 1. The van der Waals surface area contributed by atoms with Crippen molar-refractivity contribution in [3.05, 3.63) is 53.5 Å². The minimum atomic E-state index is -1.22. The quantitative estimate of drug-likeness (QED) is 0.885. The summed E-state index contributed by atoms with van der Waals surface area (Å²) in [5, 5.41) is 11.6. The molecule has 2 rings (SSSR count). The second kappa shape index (κ2) is 5.38. The van der Waals surface area contributed by atoms with E-state index < -0.39 is 17.6 Å². The molecule has 0 spiro atoms. The van der Waals surface area contributed by atoms with Gasteiger partial charge in [-0.3, -0.25) is 0 Å². The lowest BCUT2D eigenvalue weighted by molar-refractivity contribution is 0.0691. The summed E-state index contributed by atoms with van der Waals surface area (Å²) in [6.07, 6.45) is 2.59. The topological polar surface area (TPSA) is 75.1 Å². The van der Waals surface area contributed by atoms with Crippen LogP contribution in [0.5, 0.6) is 0 Å². The normalized spacial score (nSPS) is 10.2. The highest BCUT2D eigenvalue weighted by molar-refractivity contribution is 5.90. The fraction of sp³-hybridized carbons (Fsp3) is 0.0833. The predicted molar refractivity (Wildman–Crippen MR) is 62.7 cm³/mol. The van der Waals surface area contributed by atoms with Crippen molar-refractivity contribution in [2.45, 2.75) is 6.54 Å². The van der Waals surface area contributed by atoms with Gasteiger partial charge in [0, 0.05) is 18.9 Å². The van der Waals surface area contributed by atoms with Crippen molar-refractivity contribution in [2.75, 3.05) is 5.32 Å². The van der Waals surface area contributed by atoms with Crippen LogP contribution in [0.4, 0.5) is 14.6 Å². The molecule has 0 radical (unpaired) electrons. The molecule has 0 aliphatic heterocycles. The molecule has 0 bridgehead atoms. The molecule has 1 aromatic carbocycles. The van der Waals surface area contributed by atoms with Crippen molar-refractivity contribution >= 4 is 11.8 Å². The summed E-state index contributed by atoms with van der Waals surface area (Å²) in [7, 11) is 0. The fourth-order valence-corrected chi connectivity index (χ4v) is 1.46. The maximum atomic E-state index is 13.0. The molecular formula is C12H9F2N3O2. The first kappa shape index (κ1) is 12.9. The third-order valence-electron chi connectivity index (χ3n) is 2.34. The Morgan fingerprint density at radius 2 is 1.95 bits per heavy atom. The molecule has 5 nitrogen and oxygen atoms in total. The molecule has 0 aliphatic carbocycles. The molecule has 0 unspecified atom stereocenters. The van der Waals surface area contributed by atoms with Gasteiger partial charge < -0.3 is 10.4 Å². The van der Waals surface area contributed by atoms with Crippen molar-refractivity contribution in [3.8, 4) is 0 Å². The Bertz CT molecular complexity index is 620. The number of carbonyl (C=O) groups is 1. The van der Waals surface area contributed by atoms with Crippen molar-refractivity contribution in [2.24, 2.45) is 0 Å². The monoisotopic (exact) mass is 265 g/mol. The number of aromatic carboxylic acids is 1. The zero-order valence-corrected chi connectivity index (χ0v) is 9.60. The van der Waals surface area contributed by atoms with E-state index >= 15 is 0 Å². The largest absolute Gasteiger partial charge is 0.476 e. The predicted octanol–water partition coefficient (Wildman–Crippen LogP) is 2.07. The van der Waals surface area contributed by atoms with Crippen LogP contribution in [-0.2, 0) is 6.54 Å². The van der Waals surface area contributed by atoms with Gasteiger partial charge in [-0.1, -0.05) is 6.07 Å². The summed E-state index contributed by atoms with van der Waals surface area (Å²) in [5.74, 6) is -3.05. The average Bonchev–Trinajstić information content (AvgIpc) is 2.40. The Labute approximate surface area is 106 Å². The van der Waals surface area contributed by atoms with Crippen LogP contribution in [0.3, 0.4) is 0 Å². The van der Waals surface area contributed by atoms with E-state index in [1.54, 1.807) is 0 Å². The summed E-state index contributed by atoms with van der Waals surface area (Å²) in [4.78, 5) is 18.4. The van der Waals surface area contributed by atoms with Gasteiger partial charge >= 0.3 is 5.97 Å². The second-order valence-corrected chi connectivity index (χ2v) is 3.66. The number of carboxylic acids is 1. The summed E-state index contributed by atoms with van der Waals surface area (Å²) in [6.45, 7) is 0.107. The molecule has 0 atom stereocenters. The minimum absolute atomic E-state index is 0.0692. The summed E-state index contributed by atoms with van der Waals surface area (Å²) >= 11 is 0. The van der Waals surface area contributed by atoms with Gasteiger partial charge in [0.2, 0.25) is 0 Å². The number of halogens is 2. The van der Waals surface area contributed by atoms with E-state index in [1.165, 1.54) is 18.5 Å². The molecule has 1 heterocycles. The number of carboxylic acid groups (broad SMARTS) is 1. The molecule has 98 valence electrons. The minimum Gasteiger partial charge on any atom is -0.476 e. The third kappa shape index (κ3) is 3.01. The van der Waals surface area contributed by atoms with Gasteiger partial charge in [0.1, 0.15) is 0 Å². The van der Waals surface area contributed by atoms with Crippen LogP contribution in [0, 0.1) is 11.6 Å². The lowest BCUT2D eigenvalue weighted by atomic mass is 10.2. The Morgan fingerprint density at radius 1 is 1.21 bits per heavy atom. The molecule has 0 saturated carbocycles. The SMILES string of the molecule is O=C(O)c1nccnc1NCc1ccc(F)c(F)c1. The summed E-state index contributed by atoms with van der Waals surface area (Å²) in [5.41, 5.74) is 0.228. The number of aromatic nitrogens is 2. The van der Waals surface area contributed by atoms with Crippen LogP contribution >= 0.6 is 0 Å². The summed E-state index contributed by atoms with van der Waals surface area (Å²) < 4.78 is 25.7. The van der Waals surface area contributed by atoms with Crippen LogP contribution < -0.4 is 5.32 Å². The van der Waals surface area contributed by atoms with Gasteiger partial charge in [-0.05, 0) is 17.7 Å². The first-order valence-corrected chi connectivity index (χ1v) is 5.30. The number of nitrogens with zero attached hydrogens (tertiary/aromatic N) is 2. The van der Waals surface area contributed by atoms with Crippen LogP contribution in [0.1, 0.15) is 16.1 Å². The van der Waals surface area contributed by atoms with Gasteiger partial charge in [0.15, 0.2) is 23.1 Å². The van der Waals surface area contributed by atoms with Gasteiger partial charge in [-0.2, -0.15) is 0 Å². The molecule has 7 heteroatoms. The Hall–Kier alpha value is -2.57. The molecule has 2 N–H and O–H groups in total. The van der Waals surface area contributed by atoms with Crippen LogP contribution in [0.2, 0.25) is 0 Å². The van der Waals surface area contributed by atoms with Gasteiger partial charge in [0.05, 0.1) is 0 Å². The van der Waals surface area contributed by atoms with Crippen molar-refractivity contribution in [1.82, 2.24) is 9.97 Å². The van der Waals surface area contributed by atoms with Gasteiger partial charge in [-0.25, -0.2) is 23.5 Å². The van der Waals surface area contributed by atoms with Gasteiger partial charge in [0.25, 0.3) is 0 Å². The number of hydrogen-bond acceptors (Lipinski definition) is 4. The Morgan fingerprint density at radius 3 is 2.63 bits per heavy atom. The van der Waals surface area contributed by atoms with Crippen molar-refractivity contribution < 1.29 is 18.7 Å². The highest BCUT2D eigenvalue weighted by atomic mass is 19.2. The fourth-order valence-electron chi connectivity index (χ4n) is 1.46. The van der Waals surface area contributed by atoms with E-state index in [4.69, 9.17) is 5.11 Å². The third-order valence-corrected chi connectivity index (χ3v) is 2.34. The zero-order valence-electron chi connectivity index (χ0n) is 9.60. The molecule has 0 amide bonds. The van der Waals surface area contributed by atoms with E-state index in [0.717, 1.165) is 12.1 Å². The van der Waals surface area contributed by atoms with E-state index in [9.17, 15) is 13.6 Å². The molecular weight excluding hydrogens is 256 g/mol. The highest BCUT2D eigenvalue weighted by Gasteiger charge is 2.12. The lowest BCUT2D eigenvalue weighted by Gasteiger charge is -2.07. The smallest absolute Gasteiger partial charge is 0.358 e. The molecule has 0 saturated heterocycles. The van der Waals surface area contributed by atoms with Crippen molar-refractivity contribution in [3.63, 3.8) is 0 Å². The first-order valence-electron chi connectivity index (χ1n) is 5.30. The van der Waals surface area contributed by atoms with E-state index in [1.807, 2.05) is 0 Å². The van der Waals surface area contributed by atoms with Crippen LogP contribution in [0.25, 0.3) is 0 Å². The van der Waals surface area contributed by atoms with E-state index in [-0.39, 0.29) is 18.1 Å². The van der Waals surface area contributed by atoms with Crippen LogP contribution in [-0.4, -0.2) is 21.0 Å².